The van der Waals surface area contributed by atoms with Crippen LogP contribution in [-0.2, 0) is 74.0 Å². The second-order valence-electron chi connectivity index (χ2n) is 30.2. The van der Waals surface area contributed by atoms with Gasteiger partial charge in [0.1, 0.15) is 16.6 Å². The number of benzene rings is 13. The van der Waals surface area contributed by atoms with Crippen molar-refractivity contribution in [3.8, 4) is 102 Å². The Kier molecular flexibility index (Phi) is 19.3. The van der Waals surface area contributed by atoms with E-state index in [1.54, 1.807) is 46.0 Å². The van der Waals surface area contributed by atoms with E-state index >= 15 is 0 Å². The van der Waals surface area contributed by atoms with Gasteiger partial charge in [0.05, 0.1) is 86.1 Å². The summed E-state index contributed by atoms with van der Waals surface area (Å²) in [6.45, 7) is 0. The summed E-state index contributed by atoms with van der Waals surface area (Å²) in [5.74, 6) is 3.45. The number of rotatable bonds is 12. The molecule has 0 atom stereocenters. The minimum Gasteiger partial charge on any atom is -0.509 e. The van der Waals surface area contributed by atoms with Crippen LogP contribution in [0.25, 0.3) is 137 Å². The number of hydrogen-bond donors (Lipinski definition) is 0. The maximum absolute atomic E-state index is 6.53. The zero-order valence-electron chi connectivity index (χ0n) is 65.7. The quantitative estimate of drug-likeness (QED) is 0.107. The van der Waals surface area contributed by atoms with Gasteiger partial charge in [-0.2, -0.15) is 67.0 Å². The van der Waals surface area contributed by atoms with Crippen molar-refractivity contribution in [2.75, 3.05) is 0 Å². The van der Waals surface area contributed by atoms with Crippen LogP contribution in [-0.4, -0.2) is 58.7 Å². The molecule has 0 fully saturated rings. The smallest absolute Gasteiger partial charge is 0.509 e. The standard InChI is InChI=1S/C52H30N4O.C26H14N4O3.C26H14N4OS2.3Pt/c1-6-22-42-37(17-1)38-18-2-7-23-43(38)51(42)28-27-49-47(51)31-53-55(49)33-13-11-15-35(29-33)57-36-16-12-14-34(30-36)56-50-41-21-5-10-26-46(41)52(48(50)32-54-56)44-24-8-3-19-39(44)40-20-4-9-25-45(40)52;1-2-10-23-21(9-1)26-25(33-23)16-28-30(26)18-6-4-8-20(14-18)32-19-7-3-5-17(13-19)29-22-11-12-31-24(22)15-27-29;1-2-10-23-21(9-1)26-25(33-23)16-28-30(26)18-6-4-8-20(14-18)31-19-7-3-5-17(13-19)29-22-11-12-32-24(22)15-27-29;;;/h1-28,31-32H;2*1-12,15-16H;;;/q3*-2;3*+2. The van der Waals surface area contributed by atoms with Crippen molar-refractivity contribution in [1.82, 2.24) is 58.7 Å². The largest absolute Gasteiger partial charge is 2.00 e. The first-order chi connectivity index (χ1) is 60.9. The molecule has 17 nitrogen and oxygen atoms in total. The Bertz CT molecular complexity index is 7880. The maximum Gasteiger partial charge on any atom is 2.00 e. The van der Waals surface area contributed by atoms with Crippen LogP contribution in [0.5, 0.6) is 34.5 Å². The van der Waals surface area contributed by atoms with Gasteiger partial charge in [-0.15, -0.1) is 132 Å². The van der Waals surface area contributed by atoms with Crippen molar-refractivity contribution in [3.05, 3.63) is 427 Å². The van der Waals surface area contributed by atoms with Gasteiger partial charge in [-0.3, -0.25) is 28.1 Å². The molecule has 0 saturated heterocycles. The van der Waals surface area contributed by atoms with Crippen LogP contribution < -0.4 is 14.2 Å². The molecule has 27 rings (SSSR count). The van der Waals surface area contributed by atoms with Crippen molar-refractivity contribution in [3.63, 3.8) is 0 Å². The molecule has 0 unspecified atom stereocenters. The first kappa shape index (κ1) is 77.9. The van der Waals surface area contributed by atoms with E-state index in [4.69, 9.17) is 33.2 Å². The summed E-state index contributed by atoms with van der Waals surface area (Å²) < 4.78 is 45.0. The fourth-order valence-electron chi connectivity index (χ4n) is 18.5. The summed E-state index contributed by atoms with van der Waals surface area (Å²) in [7, 11) is 0. The van der Waals surface area contributed by atoms with Crippen LogP contribution in [0.3, 0.4) is 0 Å². The number of thiophene rings is 2. The number of aromatic nitrogens is 12. The van der Waals surface area contributed by atoms with Gasteiger partial charge in [-0.25, -0.2) is 0 Å². The van der Waals surface area contributed by atoms with E-state index in [2.05, 4.69) is 232 Å². The van der Waals surface area contributed by atoms with E-state index in [0.717, 1.165) is 93.5 Å². The van der Waals surface area contributed by atoms with E-state index in [-0.39, 0.29) is 68.6 Å². The molecule has 4 aliphatic rings. The van der Waals surface area contributed by atoms with Crippen LogP contribution >= 0.6 is 22.7 Å². The summed E-state index contributed by atoms with van der Waals surface area (Å²) in [6.07, 6.45) is 17.4. The van der Waals surface area contributed by atoms with Crippen molar-refractivity contribution in [2.45, 2.75) is 10.8 Å². The number of ether oxygens (including phenoxy) is 3. The Hall–Kier alpha value is -14.2. The summed E-state index contributed by atoms with van der Waals surface area (Å²) >= 11 is 3.42. The minimum atomic E-state index is -0.451. The molecular formula is C104H58N12O5Pt3S2. The topological polar surface area (TPSA) is 161 Å². The zero-order valence-corrected chi connectivity index (χ0v) is 74.1. The van der Waals surface area contributed by atoms with Crippen LogP contribution in [0, 0.1) is 36.4 Å². The zero-order chi connectivity index (χ0) is 80.9. The number of para-hydroxylation sites is 1. The van der Waals surface area contributed by atoms with E-state index in [1.165, 1.54) is 76.8 Å². The van der Waals surface area contributed by atoms with E-state index in [0.29, 0.717) is 40.1 Å². The SMILES string of the molecule is [Pt+2].[Pt+2].[Pt+2].[c-]1c(Oc2[c-]c(-n3ncc4c3-c3ccccc3C43c4ccccc4-c4ccccc43)ccc2)cccc1-n1ncc2c1C=CC21c2ccccc2-c2ccccc21.[c-]1c(Oc2[c-]c(-n3ncc4oc5ccccc5c43)ccc2)cccc1-n1ncc2occc21.[c-]1c(Oc2[c-]c(-n3ncc4sc5ccccc5c43)ccc2)cccc1-n1ncc2sccc21. The van der Waals surface area contributed by atoms with E-state index in [9.17, 15) is 0 Å². The van der Waals surface area contributed by atoms with Crippen LogP contribution in [0.2, 0.25) is 0 Å². The summed E-state index contributed by atoms with van der Waals surface area (Å²) in [5.41, 5.74) is 27.3. The number of hydrogen-bond acceptors (Lipinski definition) is 13. The molecule has 0 amide bonds. The molecule has 0 saturated carbocycles. The second kappa shape index (κ2) is 31.3. The molecule has 2 spiro atoms. The molecule has 10 heterocycles. The molecule has 10 aromatic heterocycles. The van der Waals surface area contributed by atoms with E-state index < -0.39 is 5.41 Å². The Morgan fingerprint density at radius 3 is 1.32 bits per heavy atom. The summed E-state index contributed by atoms with van der Waals surface area (Å²) in [6, 6.07) is 119. The molecule has 126 heavy (non-hydrogen) atoms. The van der Waals surface area contributed by atoms with Gasteiger partial charge in [0.2, 0.25) is 0 Å². The predicted molar refractivity (Wildman–Crippen MR) is 477 cm³/mol. The third-order valence-electron chi connectivity index (χ3n) is 23.6. The Morgan fingerprint density at radius 2 is 0.722 bits per heavy atom. The molecule has 606 valence electrons. The number of nitrogens with zero attached hydrogens (tertiary/aromatic N) is 12. The molecule has 0 aliphatic heterocycles. The normalized spacial score (nSPS) is 12.8. The van der Waals surface area contributed by atoms with Crippen LogP contribution in [0.4, 0.5) is 0 Å². The number of allylic oxidation sites excluding steroid dienone is 1. The monoisotopic (exact) mass is 2200 g/mol. The molecule has 13 aromatic carbocycles. The average Bonchev–Trinajstić information content (AvgIpc) is 1.51. The van der Waals surface area contributed by atoms with Gasteiger partial charge in [-0.05, 0) is 120 Å². The van der Waals surface area contributed by atoms with Gasteiger partial charge in [0.25, 0.3) is 0 Å². The van der Waals surface area contributed by atoms with Crippen LogP contribution in [0.15, 0.2) is 355 Å². The third-order valence-corrected chi connectivity index (χ3v) is 25.5. The predicted octanol–water partition coefficient (Wildman–Crippen LogP) is 24.3. The molecule has 0 radical (unpaired) electrons. The van der Waals surface area contributed by atoms with Crippen molar-refractivity contribution in [1.29, 1.82) is 0 Å². The summed E-state index contributed by atoms with van der Waals surface area (Å²) in [4.78, 5) is 0. The molecule has 23 aromatic rings. The Labute approximate surface area is 770 Å². The first-order valence-electron chi connectivity index (χ1n) is 40.0. The molecule has 4 aliphatic carbocycles. The fourth-order valence-corrected chi connectivity index (χ4v) is 20.3. The van der Waals surface area contributed by atoms with Gasteiger partial charge >= 0.3 is 63.2 Å². The summed E-state index contributed by atoms with van der Waals surface area (Å²) in [5, 5.41) is 32.2. The maximum atomic E-state index is 6.53. The minimum absolute atomic E-state index is 0. The van der Waals surface area contributed by atoms with Gasteiger partial charge < -0.3 is 23.0 Å². The Balaban J connectivity index is 0.000000118. The van der Waals surface area contributed by atoms with Crippen molar-refractivity contribution < 1.29 is 86.2 Å². The van der Waals surface area contributed by atoms with Crippen LogP contribution in [0.1, 0.15) is 44.6 Å². The molecule has 22 heteroatoms. The third kappa shape index (κ3) is 12.3. The average molecular weight is 2210 g/mol. The molecular weight excluding hydrogens is 2150 g/mol. The Morgan fingerprint density at radius 1 is 0.302 bits per heavy atom. The fraction of sp³-hybridized carbons (Fsp3) is 0.0192. The molecule has 0 bridgehead atoms. The first-order valence-corrected chi connectivity index (χ1v) is 41.7. The van der Waals surface area contributed by atoms with Gasteiger partial charge in [0, 0.05) is 72.7 Å². The number of furan rings is 2. The second-order valence-corrected chi connectivity index (χ2v) is 32.2. The van der Waals surface area contributed by atoms with Crippen molar-refractivity contribution >= 4 is 92.4 Å². The number of fused-ring (bicyclic) bond motifs is 25. The van der Waals surface area contributed by atoms with Gasteiger partial charge in [0.15, 0.2) is 11.2 Å². The molecule has 0 N–H and O–H groups in total. The van der Waals surface area contributed by atoms with Gasteiger partial charge in [-0.1, -0.05) is 158 Å². The van der Waals surface area contributed by atoms with Crippen molar-refractivity contribution in [2.24, 2.45) is 0 Å². The van der Waals surface area contributed by atoms with E-state index in [1.807, 2.05) is 182 Å².